The lowest BCUT2D eigenvalue weighted by molar-refractivity contribution is -0.132. The van der Waals surface area contributed by atoms with Crippen LogP contribution in [0.2, 0.25) is 0 Å². The maximum Gasteiger partial charge on any atom is 0.300 e. The van der Waals surface area contributed by atoms with Gasteiger partial charge in [-0.05, 0) is 61.9 Å². The first-order valence-corrected chi connectivity index (χ1v) is 11.1. The predicted octanol–water partition coefficient (Wildman–Crippen LogP) is 4.96. The number of anilines is 1. The van der Waals surface area contributed by atoms with Crippen LogP contribution >= 0.6 is 0 Å². The van der Waals surface area contributed by atoms with Crippen molar-refractivity contribution in [3.63, 3.8) is 0 Å². The molecule has 3 aromatic carbocycles. The third-order valence-corrected chi connectivity index (χ3v) is 5.56. The number of ketones is 1. The fraction of sp³-hybridized carbons (Fsp3) is 0.185. The van der Waals surface area contributed by atoms with Crippen LogP contribution in [-0.4, -0.2) is 35.1 Å². The minimum absolute atomic E-state index is 0.0124. The van der Waals surface area contributed by atoms with Gasteiger partial charge in [0, 0.05) is 11.8 Å². The second-order valence-electron chi connectivity index (χ2n) is 7.76. The molecule has 0 radical (unpaired) electrons. The quantitative estimate of drug-likeness (QED) is 0.284. The number of aromatic hydroxyl groups is 1. The molecule has 7 nitrogen and oxygen atoms in total. The van der Waals surface area contributed by atoms with E-state index in [0.29, 0.717) is 17.9 Å². The van der Waals surface area contributed by atoms with Crippen LogP contribution in [0.5, 0.6) is 17.2 Å². The summed E-state index contributed by atoms with van der Waals surface area (Å²) in [4.78, 5) is 27.6. The summed E-state index contributed by atoms with van der Waals surface area (Å²) in [5.41, 5.74) is 0.615. The van der Waals surface area contributed by atoms with Crippen molar-refractivity contribution in [3.8, 4) is 17.2 Å². The Morgan fingerprint density at radius 2 is 1.69 bits per heavy atom. The van der Waals surface area contributed by atoms with Crippen molar-refractivity contribution in [1.82, 2.24) is 0 Å². The van der Waals surface area contributed by atoms with Crippen molar-refractivity contribution in [2.75, 3.05) is 18.1 Å². The van der Waals surface area contributed by atoms with Crippen LogP contribution in [0, 0.1) is 5.82 Å². The Hall–Kier alpha value is -4.33. The first kappa shape index (κ1) is 23.8. The molecule has 2 N–H and O–H groups in total. The molecule has 1 amide bonds. The summed E-state index contributed by atoms with van der Waals surface area (Å²) in [6.07, 6.45) is 0. The van der Waals surface area contributed by atoms with E-state index in [9.17, 15) is 24.2 Å². The Balaban J connectivity index is 1.94. The zero-order valence-electron chi connectivity index (χ0n) is 19.2. The van der Waals surface area contributed by atoms with E-state index in [2.05, 4.69) is 0 Å². The molecule has 1 unspecified atom stereocenters. The predicted molar refractivity (Wildman–Crippen MR) is 128 cm³/mol. The first-order chi connectivity index (χ1) is 16.8. The van der Waals surface area contributed by atoms with Crippen molar-refractivity contribution in [2.24, 2.45) is 0 Å². The maximum atomic E-state index is 14.0. The average molecular weight is 477 g/mol. The SMILES string of the molecule is CCOc1ccc(/C(O)=C2/C(=O)C(=O)N(c3cccc(F)c3)C2c2ccc(O)cc2)c(OCC)c1. The van der Waals surface area contributed by atoms with Gasteiger partial charge in [-0.15, -0.1) is 0 Å². The largest absolute Gasteiger partial charge is 0.508 e. The van der Waals surface area contributed by atoms with Gasteiger partial charge in [-0.25, -0.2) is 4.39 Å². The number of aliphatic hydroxyl groups is 1. The van der Waals surface area contributed by atoms with E-state index in [1.54, 1.807) is 25.1 Å². The summed E-state index contributed by atoms with van der Waals surface area (Å²) < 4.78 is 25.2. The van der Waals surface area contributed by atoms with Gasteiger partial charge in [0.1, 0.15) is 28.8 Å². The molecular formula is C27H24FNO6. The Labute approximate surface area is 201 Å². The van der Waals surface area contributed by atoms with E-state index >= 15 is 0 Å². The van der Waals surface area contributed by atoms with Crippen LogP contribution in [-0.2, 0) is 9.59 Å². The Morgan fingerprint density at radius 1 is 0.971 bits per heavy atom. The second kappa shape index (κ2) is 9.89. The molecule has 1 atom stereocenters. The van der Waals surface area contributed by atoms with E-state index in [4.69, 9.17) is 9.47 Å². The van der Waals surface area contributed by atoms with Gasteiger partial charge in [0.15, 0.2) is 0 Å². The third-order valence-electron chi connectivity index (χ3n) is 5.56. The summed E-state index contributed by atoms with van der Waals surface area (Å²) in [5, 5.41) is 21.1. The smallest absolute Gasteiger partial charge is 0.300 e. The lowest BCUT2D eigenvalue weighted by Crippen LogP contribution is -2.29. The molecule has 3 aromatic rings. The van der Waals surface area contributed by atoms with Gasteiger partial charge in [-0.1, -0.05) is 18.2 Å². The molecule has 1 saturated heterocycles. The lowest BCUT2D eigenvalue weighted by atomic mass is 9.94. The Bertz CT molecular complexity index is 1300. The number of benzene rings is 3. The molecule has 0 aliphatic carbocycles. The molecule has 0 aromatic heterocycles. The molecule has 35 heavy (non-hydrogen) atoms. The summed E-state index contributed by atoms with van der Waals surface area (Å²) in [7, 11) is 0. The number of amides is 1. The van der Waals surface area contributed by atoms with E-state index in [1.807, 2.05) is 6.92 Å². The first-order valence-electron chi connectivity index (χ1n) is 11.1. The van der Waals surface area contributed by atoms with E-state index in [-0.39, 0.29) is 34.9 Å². The van der Waals surface area contributed by atoms with Crippen LogP contribution in [0.25, 0.3) is 5.76 Å². The zero-order valence-corrected chi connectivity index (χ0v) is 19.2. The van der Waals surface area contributed by atoms with Crippen molar-refractivity contribution in [1.29, 1.82) is 0 Å². The minimum atomic E-state index is -1.07. The average Bonchev–Trinajstić information content (AvgIpc) is 3.10. The normalized spacial score (nSPS) is 17.0. The number of hydrogen-bond donors (Lipinski definition) is 2. The van der Waals surface area contributed by atoms with Crippen LogP contribution < -0.4 is 14.4 Å². The number of carbonyl (C=O) groups is 2. The Kier molecular flexibility index (Phi) is 6.73. The fourth-order valence-electron chi connectivity index (χ4n) is 4.07. The topological polar surface area (TPSA) is 96.3 Å². The van der Waals surface area contributed by atoms with Crippen LogP contribution in [0.15, 0.2) is 72.3 Å². The fourth-order valence-corrected chi connectivity index (χ4v) is 4.07. The van der Waals surface area contributed by atoms with Crippen molar-refractivity contribution in [2.45, 2.75) is 19.9 Å². The molecule has 1 aliphatic heterocycles. The van der Waals surface area contributed by atoms with E-state index in [1.165, 1.54) is 42.5 Å². The molecular weight excluding hydrogens is 453 g/mol. The van der Waals surface area contributed by atoms with Crippen LogP contribution in [0.4, 0.5) is 10.1 Å². The van der Waals surface area contributed by atoms with Gasteiger partial charge in [0.05, 0.1) is 30.4 Å². The Morgan fingerprint density at radius 3 is 2.34 bits per heavy atom. The highest BCUT2D eigenvalue weighted by Gasteiger charge is 2.47. The third kappa shape index (κ3) is 4.55. The van der Waals surface area contributed by atoms with E-state index < -0.39 is 29.3 Å². The van der Waals surface area contributed by atoms with Gasteiger partial charge in [0.25, 0.3) is 11.7 Å². The lowest BCUT2D eigenvalue weighted by Gasteiger charge is -2.25. The van der Waals surface area contributed by atoms with Crippen molar-refractivity contribution < 1.29 is 33.7 Å². The number of nitrogens with zero attached hydrogens (tertiary/aromatic N) is 1. The van der Waals surface area contributed by atoms with Gasteiger partial charge in [0.2, 0.25) is 0 Å². The molecule has 1 fully saturated rings. The van der Waals surface area contributed by atoms with Gasteiger partial charge in [-0.3, -0.25) is 14.5 Å². The molecule has 180 valence electrons. The maximum absolute atomic E-state index is 14.0. The van der Waals surface area contributed by atoms with Gasteiger partial charge < -0.3 is 19.7 Å². The van der Waals surface area contributed by atoms with Crippen LogP contribution in [0.1, 0.15) is 31.0 Å². The summed E-state index contributed by atoms with van der Waals surface area (Å²) in [5.74, 6) is -2.09. The van der Waals surface area contributed by atoms with Crippen molar-refractivity contribution in [3.05, 3.63) is 89.2 Å². The minimum Gasteiger partial charge on any atom is -0.508 e. The highest BCUT2D eigenvalue weighted by atomic mass is 19.1. The number of phenols is 1. The molecule has 4 rings (SSSR count). The number of phenolic OH excluding ortho intramolecular Hbond substituents is 1. The molecule has 1 aliphatic rings. The number of Topliss-reactive ketones (excluding diaryl/α,β-unsaturated/α-hetero) is 1. The molecule has 8 heteroatoms. The highest BCUT2D eigenvalue weighted by molar-refractivity contribution is 6.51. The van der Waals surface area contributed by atoms with Crippen LogP contribution in [0.3, 0.4) is 0 Å². The zero-order chi connectivity index (χ0) is 25.1. The highest BCUT2D eigenvalue weighted by Crippen LogP contribution is 2.44. The number of ether oxygens (including phenoxy) is 2. The van der Waals surface area contributed by atoms with Gasteiger partial charge in [-0.2, -0.15) is 0 Å². The second-order valence-corrected chi connectivity index (χ2v) is 7.76. The monoisotopic (exact) mass is 477 g/mol. The van der Waals surface area contributed by atoms with Crippen molar-refractivity contribution >= 4 is 23.1 Å². The molecule has 1 heterocycles. The standard InChI is InChI=1S/C27H24FNO6/c1-3-34-20-12-13-21(22(15-20)35-4-2)25(31)23-24(16-8-10-19(30)11-9-16)29(27(33)26(23)32)18-7-5-6-17(28)14-18/h5-15,24,30-31H,3-4H2,1-2H3/b25-23-. The molecule has 0 bridgehead atoms. The molecule has 0 saturated carbocycles. The summed E-state index contributed by atoms with van der Waals surface area (Å²) in [6, 6.07) is 14.9. The van der Waals surface area contributed by atoms with E-state index in [0.717, 1.165) is 11.0 Å². The summed E-state index contributed by atoms with van der Waals surface area (Å²) >= 11 is 0. The molecule has 0 spiro atoms. The number of rotatable bonds is 7. The number of halogens is 1. The number of carbonyl (C=O) groups excluding carboxylic acids is 2. The number of hydrogen-bond acceptors (Lipinski definition) is 6. The summed E-state index contributed by atoms with van der Waals surface area (Å²) in [6.45, 7) is 4.32. The van der Waals surface area contributed by atoms with Gasteiger partial charge >= 0.3 is 0 Å². The number of aliphatic hydroxyl groups excluding tert-OH is 1.